The van der Waals surface area contributed by atoms with Gasteiger partial charge in [0.15, 0.2) is 11.7 Å². The number of ether oxygens (including phenoxy) is 2. The first-order valence-corrected chi connectivity index (χ1v) is 11.2. The van der Waals surface area contributed by atoms with Crippen LogP contribution < -0.4 is 25.6 Å². The molecule has 0 bridgehead atoms. The van der Waals surface area contributed by atoms with E-state index in [0.717, 1.165) is 23.7 Å². The van der Waals surface area contributed by atoms with Crippen LogP contribution in [0.5, 0.6) is 11.5 Å². The summed E-state index contributed by atoms with van der Waals surface area (Å²) in [5.74, 6) is 0.155. The third-order valence-corrected chi connectivity index (χ3v) is 4.92. The summed E-state index contributed by atoms with van der Waals surface area (Å²) < 4.78 is 11.8. The predicted molar refractivity (Wildman–Crippen MR) is 127 cm³/mol. The molecule has 2 amide bonds. The third kappa shape index (κ3) is 9.12. The summed E-state index contributed by atoms with van der Waals surface area (Å²) in [6.07, 6.45) is 3.24. The van der Waals surface area contributed by atoms with E-state index in [-0.39, 0.29) is 11.7 Å². The number of hydrazine groups is 1. The summed E-state index contributed by atoms with van der Waals surface area (Å²) in [5.41, 5.74) is 5.20. The summed E-state index contributed by atoms with van der Waals surface area (Å²) in [6.45, 7) is 2.49. The lowest BCUT2D eigenvalue weighted by Crippen LogP contribution is -2.49. The normalized spacial score (nSPS) is 10.2. The number of unbranched alkanes of at least 4 members (excludes halogenated alkanes) is 2. The van der Waals surface area contributed by atoms with Gasteiger partial charge in [0, 0.05) is 10.0 Å². The van der Waals surface area contributed by atoms with Crippen molar-refractivity contribution < 1.29 is 19.1 Å². The van der Waals surface area contributed by atoms with Crippen LogP contribution in [-0.4, -0.2) is 30.1 Å². The molecule has 0 aliphatic carbocycles. The number of carbonyl (C=O) groups is 2. The fourth-order valence-electron chi connectivity index (χ4n) is 2.35. The van der Waals surface area contributed by atoms with Crippen LogP contribution in [0.4, 0.5) is 0 Å². The zero-order valence-electron chi connectivity index (χ0n) is 16.9. The number of nitrogens with one attached hydrogen (secondary N) is 3. The topological polar surface area (TPSA) is 88.7 Å². The molecule has 0 atom stereocenters. The van der Waals surface area contributed by atoms with Gasteiger partial charge in [0.2, 0.25) is 0 Å². The van der Waals surface area contributed by atoms with E-state index in [1.54, 1.807) is 42.5 Å². The Bertz CT molecular complexity index is 912. The summed E-state index contributed by atoms with van der Waals surface area (Å²) in [6, 6.07) is 11.8. The van der Waals surface area contributed by atoms with E-state index >= 15 is 0 Å². The number of hydrogen-bond donors (Lipinski definition) is 3. The highest BCUT2D eigenvalue weighted by Crippen LogP contribution is 2.27. The van der Waals surface area contributed by atoms with Gasteiger partial charge in [-0.1, -0.05) is 47.3 Å². The molecule has 0 aliphatic heterocycles. The Morgan fingerprint density at radius 2 is 1.81 bits per heavy atom. The Morgan fingerprint density at radius 1 is 1.06 bits per heavy atom. The van der Waals surface area contributed by atoms with Crippen LogP contribution in [0, 0.1) is 0 Å². The average Bonchev–Trinajstić information content (AvgIpc) is 2.75. The van der Waals surface area contributed by atoms with Crippen molar-refractivity contribution in [1.29, 1.82) is 0 Å². The minimum atomic E-state index is -0.500. The summed E-state index contributed by atoms with van der Waals surface area (Å²) in [7, 11) is 0. The quantitative estimate of drug-likeness (QED) is 0.254. The van der Waals surface area contributed by atoms with Crippen molar-refractivity contribution in [3.8, 4) is 11.5 Å². The lowest BCUT2D eigenvalue weighted by molar-refractivity contribution is -0.123. The van der Waals surface area contributed by atoms with Crippen LogP contribution >= 0.6 is 39.7 Å². The molecule has 3 N–H and O–H groups in total. The van der Waals surface area contributed by atoms with E-state index in [1.165, 1.54) is 0 Å². The van der Waals surface area contributed by atoms with Gasteiger partial charge >= 0.3 is 0 Å². The van der Waals surface area contributed by atoms with E-state index in [2.05, 4.69) is 39.0 Å². The molecule has 0 spiro atoms. The van der Waals surface area contributed by atoms with Crippen LogP contribution in [-0.2, 0) is 4.79 Å². The van der Waals surface area contributed by atoms with E-state index in [1.807, 2.05) is 0 Å². The van der Waals surface area contributed by atoms with Crippen molar-refractivity contribution >= 4 is 56.7 Å². The molecular weight excluding hydrogens is 506 g/mol. The van der Waals surface area contributed by atoms with Crippen molar-refractivity contribution in [1.82, 2.24) is 16.2 Å². The van der Waals surface area contributed by atoms with Crippen LogP contribution in [0.1, 0.15) is 36.5 Å². The van der Waals surface area contributed by atoms with Crippen molar-refractivity contribution in [3.05, 3.63) is 57.5 Å². The number of hydrogen-bond acceptors (Lipinski definition) is 5. The SMILES string of the molecule is CCCCCOc1ccc(C(=O)NC(=S)NNC(=O)COc2ccc(Br)cc2Cl)cc1. The second kappa shape index (κ2) is 13.1. The number of halogens is 2. The van der Waals surface area contributed by atoms with Crippen LogP contribution in [0.3, 0.4) is 0 Å². The zero-order chi connectivity index (χ0) is 22.6. The highest BCUT2D eigenvalue weighted by Gasteiger charge is 2.10. The number of carbonyl (C=O) groups excluding carboxylic acids is 2. The first-order valence-electron chi connectivity index (χ1n) is 9.60. The monoisotopic (exact) mass is 527 g/mol. The minimum Gasteiger partial charge on any atom is -0.494 e. The van der Waals surface area contributed by atoms with E-state index in [0.29, 0.717) is 28.7 Å². The van der Waals surface area contributed by atoms with Gasteiger partial charge in [0.05, 0.1) is 11.6 Å². The summed E-state index contributed by atoms with van der Waals surface area (Å²) in [4.78, 5) is 24.1. The average molecular weight is 529 g/mol. The van der Waals surface area contributed by atoms with Gasteiger partial charge in [-0.05, 0) is 61.1 Å². The molecule has 7 nitrogen and oxygen atoms in total. The fourth-order valence-corrected chi connectivity index (χ4v) is 3.22. The minimum absolute atomic E-state index is 0.0556. The second-order valence-corrected chi connectivity index (χ2v) is 8.13. The molecule has 10 heteroatoms. The molecule has 2 aromatic rings. The van der Waals surface area contributed by atoms with Gasteiger partial charge in [-0.3, -0.25) is 25.8 Å². The molecule has 0 aliphatic rings. The van der Waals surface area contributed by atoms with Crippen molar-refractivity contribution in [3.63, 3.8) is 0 Å². The highest BCUT2D eigenvalue weighted by molar-refractivity contribution is 9.10. The van der Waals surface area contributed by atoms with E-state index < -0.39 is 11.8 Å². The Labute approximate surface area is 199 Å². The first kappa shape index (κ1) is 24.9. The maximum atomic E-state index is 12.3. The number of benzene rings is 2. The van der Waals surface area contributed by atoms with Crippen molar-refractivity contribution in [2.24, 2.45) is 0 Å². The molecule has 0 unspecified atom stereocenters. The molecule has 0 saturated heterocycles. The summed E-state index contributed by atoms with van der Waals surface area (Å²) in [5, 5.41) is 2.79. The zero-order valence-corrected chi connectivity index (χ0v) is 20.0. The van der Waals surface area contributed by atoms with Crippen molar-refractivity contribution in [2.45, 2.75) is 26.2 Å². The van der Waals surface area contributed by atoms with E-state index in [4.69, 9.17) is 33.3 Å². The van der Waals surface area contributed by atoms with E-state index in [9.17, 15) is 9.59 Å². The molecule has 166 valence electrons. The maximum absolute atomic E-state index is 12.3. The predicted octanol–water partition coefficient (Wildman–Crippen LogP) is 4.39. The fraction of sp³-hybridized carbons (Fsp3) is 0.286. The second-order valence-electron chi connectivity index (χ2n) is 6.40. The molecular formula is C21H23BrClN3O4S. The van der Waals surface area contributed by atoms with Gasteiger partial charge < -0.3 is 9.47 Å². The van der Waals surface area contributed by atoms with Gasteiger partial charge in [-0.25, -0.2) is 0 Å². The Morgan fingerprint density at radius 3 is 2.48 bits per heavy atom. The third-order valence-electron chi connectivity index (χ3n) is 3.93. The first-order chi connectivity index (χ1) is 14.9. The smallest absolute Gasteiger partial charge is 0.276 e. The van der Waals surface area contributed by atoms with Crippen LogP contribution in [0.2, 0.25) is 5.02 Å². The summed E-state index contributed by atoms with van der Waals surface area (Å²) >= 11 is 14.3. The van der Waals surface area contributed by atoms with Gasteiger partial charge in [-0.2, -0.15) is 0 Å². The number of thiocarbonyl (C=S) groups is 1. The van der Waals surface area contributed by atoms with Crippen molar-refractivity contribution in [2.75, 3.05) is 13.2 Å². The maximum Gasteiger partial charge on any atom is 0.276 e. The molecule has 2 aromatic carbocycles. The molecule has 0 saturated carbocycles. The van der Waals surface area contributed by atoms with Crippen LogP contribution in [0.15, 0.2) is 46.9 Å². The van der Waals surface area contributed by atoms with Gasteiger partial charge in [0.1, 0.15) is 11.5 Å². The van der Waals surface area contributed by atoms with Gasteiger partial charge in [-0.15, -0.1) is 0 Å². The molecule has 0 radical (unpaired) electrons. The molecule has 0 heterocycles. The number of amides is 2. The lowest BCUT2D eigenvalue weighted by Gasteiger charge is -2.12. The lowest BCUT2D eigenvalue weighted by atomic mass is 10.2. The Hall–Kier alpha value is -2.36. The molecule has 0 aromatic heterocycles. The molecule has 0 fully saturated rings. The molecule has 31 heavy (non-hydrogen) atoms. The Kier molecular flexibility index (Phi) is 10.6. The Balaban J connectivity index is 1.71. The van der Waals surface area contributed by atoms with Crippen LogP contribution in [0.25, 0.3) is 0 Å². The highest BCUT2D eigenvalue weighted by atomic mass is 79.9. The molecule has 2 rings (SSSR count). The standard InChI is InChI=1S/C21H23BrClN3O4S/c1-2-3-4-11-29-16-8-5-14(6-9-16)20(28)24-21(31)26-25-19(27)13-30-18-10-7-15(22)12-17(18)23/h5-10,12H,2-4,11,13H2,1H3,(H,25,27)(H2,24,26,28,31). The largest absolute Gasteiger partial charge is 0.494 e. The van der Waals surface area contributed by atoms with Gasteiger partial charge in [0.25, 0.3) is 11.8 Å². The number of rotatable bonds is 9.